The van der Waals surface area contributed by atoms with Crippen molar-refractivity contribution in [2.45, 2.75) is 13.5 Å². The Labute approximate surface area is 73.5 Å². The minimum absolute atomic E-state index is 0.207. The minimum atomic E-state index is -0.207. The number of hydrogen-bond acceptors (Lipinski definition) is 1. The van der Waals surface area contributed by atoms with Gasteiger partial charge in [0.2, 0.25) is 0 Å². The van der Waals surface area contributed by atoms with Gasteiger partial charge in [0.15, 0.2) is 0 Å². The molecule has 0 aliphatic carbocycles. The summed E-state index contributed by atoms with van der Waals surface area (Å²) in [6.07, 6.45) is 0. The van der Waals surface area contributed by atoms with Gasteiger partial charge >= 0.3 is 0 Å². The molecular formula is C8H9BrFN. The molecule has 0 aliphatic heterocycles. The average molecular weight is 218 g/mol. The molecule has 0 radical (unpaired) electrons. The molecule has 1 rings (SSSR count). The average Bonchev–Trinajstić information content (AvgIpc) is 2.01. The summed E-state index contributed by atoms with van der Waals surface area (Å²) in [5, 5.41) is 0. The maximum Gasteiger partial charge on any atom is 0.131 e. The van der Waals surface area contributed by atoms with Crippen LogP contribution in [0.2, 0.25) is 0 Å². The van der Waals surface area contributed by atoms with Gasteiger partial charge in [-0.25, -0.2) is 4.39 Å². The molecule has 60 valence electrons. The maximum atomic E-state index is 13.2. The van der Waals surface area contributed by atoms with Crippen LogP contribution in [0.1, 0.15) is 11.1 Å². The first-order chi connectivity index (χ1) is 5.16. The van der Waals surface area contributed by atoms with Gasteiger partial charge in [-0.1, -0.05) is 22.0 Å². The van der Waals surface area contributed by atoms with Crippen LogP contribution in [0.5, 0.6) is 0 Å². The summed E-state index contributed by atoms with van der Waals surface area (Å²) >= 11 is 3.23. The van der Waals surface area contributed by atoms with Crippen molar-refractivity contribution < 1.29 is 4.39 Å². The number of hydrogen-bond donors (Lipinski definition) is 1. The predicted molar refractivity (Wildman–Crippen MR) is 46.7 cm³/mol. The number of halogens is 2. The molecule has 2 N–H and O–H groups in total. The number of rotatable bonds is 1. The topological polar surface area (TPSA) is 26.0 Å². The summed E-state index contributed by atoms with van der Waals surface area (Å²) in [6, 6.07) is 3.49. The third kappa shape index (κ3) is 1.60. The lowest BCUT2D eigenvalue weighted by molar-refractivity contribution is 0.600. The molecule has 0 atom stereocenters. The molecule has 0 saturated heterocycles. The predicted octanol–water partition coefficient (Wildman–Crippen LogP) is 2.36. The van der Waals surface area contributed by atoms with Crippen LogP contribution >= 0.6 is 15.9 Å². The van der Waals surface area contributed by atoms with Gasteiger partial charge in [-0.05, 0) is 18.6 Å². The van der Waals surface area contributed by atoms with E-state index in [0.717, 1.165) is 4.47 Å². The Kier molecular flexibility index (Phi) is 2.62. The van der Waals surface area contributed by atoms with Crippen molar-refractivity contribution >= 4 is 15.9 Å². The van der Waals surface area contributed by atoms with Crippen molar-refractivity contribution in [1.29, 1.82) is 0 Å². The molecule has 3 heteroatoms. The van der Waals surface area contributed by atoms with E-state index < -0.39 is 0 Å². The monoisotopic (exact) mass is 217 g/mol. The summed E-state index contributed by atoms with van der Waals surface area (Å²) < 4.78 is 13.9. The Bertz CT molecular complexity index is 273. The van der Waals surface area contributed by atoms with Crippen LogP contribution < -0.4 is 5.73 Å². The fraction of sp³-hybridized carbons (Fsp3) is 0.250. The number of benzene rings is 1. The van der Waals surface area contributed by atoms with E-state index in [1.54, 1.807) is 19.1 Å². The molecule has 11 heavy (non-hydrogen) atoms. The molecule has 0 aromatic heterocycles. The van der Waals surface area contributed by atoms with E-state index in [1.165, 1.54) is 0 Å². The lowest BCUT2D eigenvalue weighted by Crippen LogP contribution is -2.01. The van der Waals surface area contributed by atoms with Crippen molar-refractivity contribution in [3.05, 3.63) is 33.5 Å². The number of nitrogens with two attached hydrogens (primary N) is 1. The second-order valence-corrected chi connectivity index (χ2v) is 3.20. The van der Waals surface area contributed by atoms with Gasteiger partial charge < -0.3 is 5.73 Å². The zero-order valence-corrected chi connectivity index (χ0v) is 7.78. The van der Waals surface area contributed by atoms with Gasteiger partial charge in [-0.3, -0.25) is 0 Å². The Hall–Kier alpha value is -0.410. The van der Waals surface area contributed by atoms with Gasteiger partial charge in [0.1, 0.15) is 5.82 Å². The normalized spacial score (nSPS) is 10.2. The van der Waals surface area contributed by atoms with Crippen LogP contribution in [-0.2, 0) is 6.54 Å². The molecule has 0 unspecified atom stereocenters. The van der Waals surface area contributed by atoms with E-state index in [4.69, 9.17) is 5.73 Å². The molecule has 0 aliphatic rings. The van der Waals surface area contributed by atoms with E-state index in [-0.39, 0.29) is 12.4 Å². The Balaban J connectivity index is 3.25. The zero-order chi connectivity index (χ0) is 8.43. The van der Waals surface area contributed by atoms with E-state index in [1.807, 2.05) is 0 Å². The second-order valence-electron chi connectivity index (χ2n) is 2.35. The lowest BCUT2D eigenvalue weighted by Gasteiger charge is -2.03. The fourth-order valence-corrected chi connectivity index (χ4v) is 1.18. The van der Waals surface area contributed by atoms with Crippen LogP contribution in [0.25, 0.3) is 0 Å². The van der Waals surface area contributed by atoms with Gasteiger partial charge in [0.05, 0.1) is 0 Å². The van der Waals surface area contributed by atoms with Gasteiger partial charge in [-0.2, -0.15) is 0 Å². The summed E-state index contributed by atoms with van der Waals surface area (Å²) in [4.78, 5) is 0. The molecule has 0 saturated carbocycles. The zero-order valence-electron chi connectivity index (χ0n) is 6.20. The Morgan fingerprint density at radius 1 is 1.55 bits per heavy atom. The molecule has 1 aromatic carbocycles. The minimum Gasteiger partial charge on any atom is -0.326 e. The summed E-state index contributed by atoms with van der Waals surface area (Å²) in [7, 11) is 0. The first-order valence-electron chi connectivity index (χ1n) is 3.30. The molecule has 1 aromatic rings. The van der Waals surface area contributed by atoms with Crippen LogP contribution in [0.15, 0.2) is 16.6 Å². The second kappa shape index (κ2) is 3.32. The van der Waals surface area contributed by atoms with E-state index in [0.29, 0.717) is 11.1 Å². The molecule has 0 amide bonds. The summed E-state index contributed by atoms with van der Waals surface area (Å²) in [5.74, 6) is -0.207. The smallest absolute Gasteiger partial charge is 0.131 e. The quantitative estimate of drug-likeness (QED) is 0.769. The molecular weight excluding hydrogens is 209 g/mol. The maximum absolute atomic E-state index is 13.2. The van der Waals surface area contributed by atoms with Crippen LogP contribution in [0.4, 0.5) is 4.39 Å². The first-order valence-corrected chi connectivity index (χ1v) is 4.09. The molecule has 1 nitrogen and oxygen atoms in total. The third-order valence-corrected chi connectivity index (χ3v) is 2.48. The van der Waals surface area contributed by atoms with Crippen LogP contribution in [0, 0.1) is 12.7 Å². The standard InChI is InChI=1S/C8H9BrFN/c1-5-7(9)3-2-6(4-11)8(5)10/h2-3H,4,11H2,1H3. The van der Waals surface area contributed by atoms with Crippen LogP contribution in [0.3, 0.4) is 0 Å². The van der Waals surface area contributed by atoms with E-state index >= 15 is 0 Å². The largest absolute Gasteiger partial charge is 0.326 e. The van der Waals surface area contributed by atoms with Gasteiger partial charge in [0.25, 0.3) is 0 Å². The highest BCUT2D eigenvalue weighted by Crippen LogP contribution is 2.21. The molecule has 0 fully saturated rings. The van der Waals surface area contributed by atoms with Crippen molar-refractivity contribution in [2.75, 3.05) is 0 Å². The van der Waals surface area contributed by atoms with Crippen molar-refractivity contribution in [3.8, 4) is 0 Å². The molecule has 0 heterocycles. The summed E-state index contributed by atoms with van der Waals surface area (Å²) in [6.45, 7) is 1.97. The highest BCUT2D eigenvalue weighted by atomic mass is 79.9. The Morgan fingerprint density at radius 2 is 2.18 bits per heavy atom. The van der Waals surface area contributed by atoms with E-state index in [2.05, 4.69) is 15.9 Å². The fourth-order valence-electron chi connectivity index (χ4n) is 0.875. The highest BCUT2D eigenvalue weighted by Gasteiger charge is 2.05. The van der Waals surface area contributed by atoms with Gasteiger partial charge in [-0.15, -0.1) is 0 Å². The molecule has 0 spiro atoms. The summed E-state index contributed by atoms with van der Waals surface area (Å²) in [5.41, 5.74) is 6.49. The third-order valence-electron chi connectivity index (χ3n) is 1.62. The molecule has 0 bridgehead atoms. The lowest BCUT2D eigenvalue weighted by atomic mass is 10.1. The Morgan fingerprint density at radius 3 is 2.73 bits per heavy atom. The van der Waals surface area contributed by atoms with Crippen molar-refractivity contribution in [1.82, 2.24) is 0 Å². The SMILES string of the molecule is Cc1c(Br)ccc(CN)c1F. The van der Waals surface area contributed by atoms with Crippen molar-refractivity contribution in [3.63, 3.8) is 0 Å². The van der Waals surface area contributed by atoms with Crippen molar-refractivity contribution in [2.24, 2.45) is 5.73 Å². The van der Waals surface area contributed by atoms with E-state index in [9.17, 15) is 4.39 Å². The highest BCUT2D eigenvalue weighted by molar-refractivity contribution is 9.10. The van der Waals surface area contributed by atoms with Gasteiger partial charge in [0, 0.05) is 16.6 Å². The van der Waals surface area contributed by atoms with Crippen LogP contribution in [-0.4, -0.2) is 0 Å². The first kappa shape index (κ1) is 8.68.